The molecule has 1 unspecified atom stereocenters. The minimum absolute atomic E-state index is 0.0175. The Hall–Kier alpha value is -3.66. The minimum atomic E-state index is -4.68. The van der Waals surface area contributed by atoms with E-state index in [1.807, 2.05) is 0 Å². The van der Waals surface area contributed by atoms with Crippen molar-refractivity contribution in [1.82, 2.24) is 10.4 Å². The fourth-order valence-corrected chi connectivity index (χ4v) is 3.46. The number of nitrogens with zero attached hydrogens (tertiary/aromatic N) is 2. The fourth-order valence-electron chi connectivity index (χ4n) is 3.23. The van der Waals surface area contributed by atoms with Crippen LogP contribution in [0.15, 0.2) is 60.7 Å². The fraction of sp³-hybridized carbons (Fsp3) is 0.182. The average molecular weight is 480 g/mol. The lowest BCUT2D eigenvalue weighted by Gasteiger charge is -2.27. The molecular weight excluding hydrogens is 463 g/mol. The van der Waals surface area contributed by atoms with Gasteiger partial charge in [0.15, 0.2) is 0 Å². The summed E-state index contributed by atoms with van der Waals surface area (Å²) in [6.07, 6.45) is -2.79. The van der Waals surface area contributed by atoms with E-state index in [0.29, 0.717) is 16.0 Å². The van der Waals surface area contributed by atoms with Crippen LogP contribution in [-0.2, 0) is 20.6 Å². The zero-order valence-electron chi connectivity index (χ0n) is 17.1. The van der Waals surface area contributed by atoms with E-state index in [2.05, 4.69) is 5.43 Å². The number of amides is 4. The van der Waals surface area contributed by atoms with Crippen molar-refractivity contribution in [3.05, 3.63) is 76.8 Å². The number of imide groups is 1. The van der Waals surface area contributed by atoms with Gasteiger partial charge in [-0.05, 0) is 37.3 Å². The number of hydrogen-bond acceptors (Lipinski definition) is 4. The van der Waals surface area contributed by atoms with Crippen LogP contribution in [0.3, 0.4) is 0 Å². The second-order valence-corrected chi connectivity index (χ2v) is 7.37. The molecule has 2 aromatic rings. The second-order valence-electron chi connectivity index (χ2n) is 6.96. The van der Waals surface area contributed by atoms with Crippen LogP contribution >= 0.6 is 11.6 Å². The lowest BCUT2D eigenvalue weighted by atomic mass is 10.2. The first-order valence-electron chi connectivity index (χ1n) is 9.60. The number of hydrazine groups is 1. The third-order valence-corrected chi connectivity index (χ3v) is 5.08. The van der Waals surface area contributed by atoms with Crippen molar-refractivity contribution in [2.45, 2.75) is 25.6 Å². The van der Waals surface area contributed by atoms with Crippen molar-refractivity contribution in [1.29, 1.82) is 0 Å². The smallest absolute Gasteiger partial charge is 0.274 e. The van der Waals surface area contributed by atoms with Gasteiger partial charge in [0.1, 0.15) is 6.04 Å². The first-order valence-corrected chi connectivity index (χ1v) is 9.98. The average Bonchev–Trinajstić information content (AvgIpc) is 3.05. The maximum Gasteiger partial charge on any atom is 0.416 e. The van der Waals surface area contributed by atoms with Crippen LogP contribution in [0.5, 0.6) is 0 Å². The number of alkyl halides is 3. The molecule has 1 atom stereocenters. The molecule has 0 radical (unpaired) electrons. The van der Waals surface area contributed by atoms with E-state index < -0.39 is 47.8 Å². The van der Waals surface area contributed by atoms with E-state index in [1.165, 1.54) is 31.2 Å². The third-order valence-electron chi connectivity index (χ3n) is 4.75. The van der Waals surface area contributed by atoms with Crippen molar-refractivity contribution in [2.75, 3.05) is 4.90 Å². The zero-order chi connectivity index (χ0) is 24.3. The van der Waals surface area contributed by atoms with Crippen LogP contribution in [0, 0.1) is 0 Å². The van der Waals surface area contributed by atoms with Crippen LogP contribution in [0.1, 0.15) is 29.3 Å². The van der Waals surface area contributed by atoms with Gasteiger partial charge in [0.05, 0.1) is 28.3 Å². The maximum absolute atomic E-state index is 13.1. The standard InChI is InChI=1S/C22H17ClF3N3O4/c1-2-6-18(30)29(27-20(32)15-9-3-4-10-16(15)23)17-12-19(31)28(21(17)33)14-8-5-7-13(11-14)22(24,25)26/h2-11,17H,12H2,1H3,(H,27,32). The van der Waals surface area contributed by atoms with Gasteiger partial charge >= 0.3 is 6.18 Å². The van der Waals surface area contributed by atoms with Gasteiger partial charge < -0.3 is 0 Å². The van der Waals surface area contributed by atoms with Gasteiger partial charge in [-0.3, -0.25) is 24.6 Å². The molecule has 1 N–H and O–H groups in total. The van der Waals surface area contributed by atoms with Gasteiger partial charge in [-0.1, -0.05) is 35.9 Å². The number of halogens is 4. The van der Waals surface area contributed by atoms with Crippen molar-refractivity contribution in [2.24, 2.45) is 0 Å². The van der Waals surface area contributed by atoms with Gasteiger partial charge in [-0.15, -0.1) is 0 Å². The number of hydrogen-bond donors (Lipinski definition) is 1. The van der Waals surface area contributed by atoms with E-state index in [0.717, 1.165) is 18.2 Å². The summed E-state index contributed by atoms with van der Waals surface area (Å²) in [6.45, 7) is 1.53. The highest BCUT2D eigenvalue weighted by atomic mass is 35.5. The SMILES string of the molecule is CC=CC(=O)N(NC(=O)c1ccccc1Cl)C1CC(=O)N(c2cccc(C(F)(F)F)c2)C1=O. The molecule has 4 amide bonds. The summed E-state index contributed by atoms with van der Waals surface area (Å²) in [5.41, 5.74) is 0.969. The van der Waals surface area contributed by atoms with Crippen molar-refractivity contribution in [3.63, 3.8) is 0 Å². The van der Waals surface area contributed by atoms with Gasteiger partial charge in [0, 0.05) is 6.08 Å². The Morgan fingerprint density at radius 2 is 1.85 bits per heavy atom. The summed E-state index contributed by atoms with van der Waals surface area (Å²) in [5.74, 6) is -3.41. The summed E-state index contributed by atoms with van der Waals surface area (Å²) in [5, 5.41) is 0.771. The second kappa shape index (κ2) is 9.45. The van der Waals surface area contributed by atoms with Crippen LogP contribution in [-0.4, -0.2) is 34.7 Å². The molecular formula is C22H17ClF3N3O4. The van der Waals surface area contributed by atoms with E-state index in [9.17, 15) is 32.3 Å². The predicted molar refractivity (Wildman–Crippen MR) is 113 cm³/mol. The van der Waals surface area contributed by atoms with Gasteiger partial charge in [-0.2, -0.15) is 13.2 Å². The zero-order valence-corrected chi connectivity index (χ0v) is 17.9. The normalized spacial score (nSPS) is 16.4. The molecule has 0 aromatic heterocycles. The molecule has 0 saturated carbocycles. The molecule has 0 bridgehead atoms. The molecule has 0 aliphatic carbocycles. The molecule has 2 aromatic carbocycles. The largest absolute Gasteiger partial charge is 0.416 e. The van der Waals surface area contributed by atoms with Gasteiger partial charge in [-0.25, -0.2) is 9.91 Å². The highest BCUT2D eigenvalue weighted by Gasteiger charge is 2.45. The highest BCUT2D eigenvalue weighted by molar-refractivity contribution is 6.33. The van der Waals surface area contributed by atoms with E-state index in [4.69, 9.17) is 11.6 Å². The number of benzene rings is 2. The van der Waals surface area contributed by atoms with Gasteiger partial charge in [0.2, 0.25) is 5.91 Å². The molecule has 172 valence electrons. The summed E-state index contributed by atoms with van der Waals surface area (Å²) >= 11 is 6.01. The highest BCUT2D eigenvalue weighted by Crippen LogP contribution is 2.33. The number of rotatable bonds is 4. The van der Waals surface area contributed by atoms with E-state index in [1.54, 1.807) is 12.1 Å². The van der Waals surface area contributed by atoms with E-state index >= 15 is 0 Å². The monoisotopic (exact) mass is 479 g/mol. The van der Waals surface area contributed by atoms with E-state index in [-0.39, 0.29) is 16.3 Å². The van der Waals surface area contributed by atoms with Crippen molar-refractivity contribution >= 4 is 40.9 Å². The Balaban J connectivity index is 1.93. The lowest BCUT2D eigenvalue weighted by Crippen LogP contribution is -2.54. The summed E-state index contributed by atoms with van der Waals surface area (Å²) in [7, 11) is 0. The number of carbonyl (C=O) groups excluding carboxylic acids is 4. The quantitative estimate of drug-likeness (QED) is 0.411. The van der Waals surface area contributed by atoms with Crippen molar-refractivity contribution < 1.29 is 32.3 Å². The predicted octanol–water partition coefficient (Wildman–Crippen LogP) is 3.74. The van der Waals surface area contributed by atoms with Crippen LogP contribution in [0.4, 0.5) is 18.9 Å². The molecule has 1 fully saturated rings. The van der Waals surface area contributed by atoms with Crippen LogP contribution in [0.2, 0.25) is 5.02 Å². The molecule has 33 heavy (non-hydrogen) atoms. The molecule has 3 rings (SSSR count). The Labute approximate surface area is 191 Å². The first-order chi connectivity index (χ1) is 15.5. The molecule has 1 aliphatic heterocycles. The minimum Gasteiger partial charge on any atom is -0.274 e. The number of anilines is 1. The molecule has 0 spiro atoms. The molecule has 1 aliphatic rings. The molecule has 11 heteroatoms. The Morgan fingerprint density at radius 1 is 1.15 bits per heavy atom. The van der Waals surface area contributed by atoms with Crippen LogP contribution in [0.25, 0.3) is 0 Å². The topological polar surface area (TPSA) is 86.8 Å². The lowest BCUT2D eigenvalue weighted by molar-refractivity contribution is -0.137. The third kappa shape index (κ3) is 5.06. The number of allylic oxidation sites excluding steroid dienone is 1. The number of nitrogens with one attached hydrogen (secondary N) is 1. The Bertz CT molecular complexity index is 1150. The van der Waals surface area contributed by atoms with Crippen molar-refractivity contribution in [3.8, 4) is 0 Å². The Kier molecular flexibility index (Phi) is 6.87. The molecule has 7 nitrogen and oxygen atoms in total. The maximum atomic E-state index is 13.1. The first kappa shape index (κ1) is 24.0. The molecule has 1 saturated heterocycles. The summed E-state index contributed by atoms with van der Waals surface area (Å²) in [6, 6.07) is 8.22. The Morgan fingerprint density at radius 3 is 2.48 bits per heavy atom. The number of carbonyl (C=O) groups is 4. The van der Waals surface area contributed by atoms with Crippen LogP contribution < -0.4 is 10.3 Å². The summed E-state index contributed by atoms with van der Waals surface area (Å²) in [4.78, 5) is 51.5. The van der Waals surface area contributed by atoms with Gasteiger partial charge in [0.25, 0.3) is 17.7 Å². The summed E-state index contributed by atoms with van der Waals surface area (Å²) < 4.78 is 39.2. The molecule has 1 heterocycles.